The van der Waals surface area contributed by atoms with E-state index in [0.29, 0.717) is 11.4 Å². The van der Waals surface area contributed by atoms with Crippen LogP contribution in [0.5, 0.6) is 5.88 Å². The molecule has 152 valence electrons. The van der Waals surface area contributed by atoms with Crippen molar-refractivity contribution in [3.05, 3.63) is 58.1 Å². The largest absolute Gasteiger partial charge is 0.479 e. The highest BCUT2D eigenvalue weighted by Crippen LogP contribution is 2.15. The highest BCUT2D eigenvalue weighted by atomic mass is 16.5. The summed E-state index contributed by atoms with van der Waals surface area (Å²) in [7, 11) is 4.79. The lowest BCUT2D eigenvalue weighted by atomic mass is 10.3. The van der Waals surface area contributed by atoms with Gasteiger partial charge in [0, 0.05) is 20.3 Å². The molecule has 2 amide bonds. The standard InChI is InChI=1S/C19H22N6O4/c1-12-16(19(28)25(24(12)3)13-8-6-5-7-9-13)21-15(26)10-20-17(27)14-11-23(2)22-18(14)29-4/h5-9,11H,10H2,1-4H3,(H,20,27)(H,21,26). The molecule has 3 aromatic rings. The molecule has 1 aromatic carbocycles. The number of aryl methyl sites for hydroxylation is 1. The van der Waals surface area contributed by atoms with Gasteiger partial charge in [-0.3, -0.25) is 23.7 Å². The third-order valence-corrected chi connectivity index (χ3v) is 4.46. The number of carbonyl (C=O) groups excluding carboxylic acids is 2. The number of carbonyl (C=O) groups is 2. The van der Waals surface area contributed by atoms with Crippen molar-refractivity contribution in [1.29, 1.82) is 0 Å². The third-order valence-electron chi connectivity index (χ3n) is 4.46. The van der Waals surface area contributed by atoms with E-state index in [9.17, 15) is 14.4 Å². The summed E-state index contributed by atoms with van der Waals surface area (Å²) in [5, 5.41) is 9.09. The number of nitrogens with zero attached hydrogens (tertiary/aromatic N) is 4. The van der Waals surface area contributed by atoms with Crippen LogP contribution in [0.2, 0.25) is 0 Å². The average Bonchev–Trinajstić information content (AvgIpc) is 3.19. The van der Waals surface area contributed by atoms with Crippen molar-refractivity contribution >= 4 is 17.5 Å². The molecular weight excluding hydrogens is 376 g/mol. The van der Waals surface area contributed by atoms with Gasteiger partial charge in [0.15, 0.2) is 0 Å². The monoisotopic (exact) mass is 398 g/mol. The summed E-state index contributed by atoms with van der Waals surface area (Å²) in [6.07, 6.45) is 1.49. The summed E-state index contributed by atoms with van der Waals surface area (Å²) >= 11 is 0. The van der Waals surface area contributed by atoms with Crippen LogP contribution in [-0.2, 0) is 18.9 Å². The molecule has 0 saturated heterocycles. The van der Waals surface area contributed by atoms with Crippen LogP contribution in [0.15, 0.2) is 41.3 Å². The highest BCUT2D eigenvalue weighted by molar-refractivity contribution is 6.00. The Balaban J connectivity index is 1.73. The van der Waals surface area contributed by atoms with Crippen LogP contribution in [0.3, 0.4) is 0 Å². The number of amides is 2. The zero-order valence-corrected chi connectivity index (χ0v) is 16.6. The molecular formula is C19H22N6O4. The lowest BCUT2D eigenvalue weighted by molar-refractivity contribution is -0.115. The molecule has 0 aliphatic heterocycles. The molecule has 0 spiro atoms. The van der Waals surface area contributed by atoms with Crippen LogP contribution in [0, 0.1) is 6.92 Å². The predicted octanol–water partition coefficient (Wildman–Crippen LogP) is 0.595. The molecule has 2 aromatic heterocycles. The van der Waals surface area contributed by atoms with Crippen LogP contribution in [-0.4, -0.2) is 44.6 Å². The van der Waals surface area contributed by atoms with Crippen LogP contribution < -0.4 is 20.9 Å². The van der Waals surface area contributed by atoms with E-state index in [1.807, 2.05) is 18.2 Å². The molecule has 0 atom stereocenters. The van der Waals surface area contributed by atoms with Crippen molar-refractivity contribution in [1.82, 2.24) is 24.5 Å². The fraction of sp³-hybridized carbons (Fsp3) is 0.263. The Morgan fingerprint density at radius 1 is 1.17 bits per heavy atom. The Bertz CT molecular complexity index is 1110. The number of nitrogens with one attached hydrogen (secondary N) is 2. The van der Waals surface area contributed by atoms with Gasteiger partial charge in [0.05, 0.1) is 25.0 Å². The van der Waals surface area contributed by atoms with Crippen molar-refractivity contribution in [3.8, 4) is 11.6 Å². The first-order chi connectivity index (χ1) is 13.8. The molecule has 2 N–H and O–H groups in total. The van der Waals surface area contributed by atoms with Crippen LogP contribution in [0.1, 0.15) is 16.1 Å². The first kappa shape index (κ1) is 19.9. The smallest absolute Gasteiger partial charge is 0.295 e. The maximum absolute atomic E-state index is 12.8. The van der Waals surface area contributed by atoms with Crippen molar-refractivity contribution < 1.29 is 14.3 Å². The first-order valence-corrected chi connectivity index (χ1v) is 8.83. The van der Waals surface area contributed by atoms with E-state index in [0.717, 1.165) is 0 Å². The molecule has 0 unspecified atom stereocenters. The zero-order chi connectivity index (χ0) is 21.1. The van der Waals surface area contributed by atoms with E-state index in [4.69, 9.17) is 4.74 Å². The number of hydrogen-bond donors (Lipinski definition) is 2. The summed E-state index contributed by atoms with van der Waals surface area (Å²) < 4.78 is 9.60. The number of methoxy groups -OCH3 is 1. The summed E-state index contributed by atoms with van der Waals surface area (Å²) in [4.78, 5) is 37.4. The number of ether oxygens (including phenoxy) is 1. The number of aromatic nitrogens is 4. The number of anilines is 1. The van der Waals surface area contributed by atoms with Crippen LogP contribution >= 0.6 is 0 Å². The maximum Gasteiger partial charge on any atom is 0.295 e. The van der Waals surface area contributed by atoms with Gasteiger partial charge in [-0.2, -0.15) is 0 Å². The van der Waals surface area contributed by atoms with E-state index in [-0.39, 0.29) is 29.2 Å². The Kier molecular flexibility index (Phi) is 5.53. The van der Waals surface area contributed by atoms with Crippen LogP contribution in [0.4, 0.5) is 5.69 Å². The Morgan fingerprint density at radius 3 is 2.52 bits per heavy atom. The van der Waals surface area contributed by atoms with E-state index in [1.54, 1.807) is 37.8 Å². The van der Waals surface area contributed by atoms with Gasteiger partial charge >= 0.3 is 0 Å². The van der Waals surface area contributed by atoms with E-state index < -0.39 is 11.8 Å². The second kappa shape index (κ2) is 8.05. The molecule has 10 nitrogen and oxygen atoms in total. The zero-order valence-electron chi connectivity index (χ0n) is 16.6. The van der Waals surface area contributed by atoms with Crippen molar-refractivity contribution in [3.63, 3.8) is 0 Å². The van der Waals surface area contributed by atoms with E-state index >= 15 is 0 Å². The highest BCUT2D eigenvalue weighted by Gasteiger charge is 2.20. The first-order valence-electron chi connectivity index (χ1n) is 8.83. The van der Waals surface area contributed by atoms with Crippen molar-refractivity contribution in [2.75, 3.05) is 19.0 Å². The minimum absolute atomic E-state index is 0.162. The van der Waals surface area contributed by atoms with Gasteiger partial charge in [-0.25, -0.2) is 4.68 Å². The lowest BCUT2D eigenvalue weighted by Gasteiger charge is -2.07. The fourth-order valence-corrected chi connectivity index (χ4v) is 2.93. The van der Waals surface area contributed by atoms with Crippen LogP contribution in [0.25, 0.3) is 5.69 Å². The van der Waals surface area contributed by atoms with E-state index in [1.165, 1.54) is 22.7 Å². The number of benzene rings is 1. The van der Waals surface area contributed by atoms with Gasteiger partial charge in [0.25, 0.3) is 11.5 Å². The van der Waals surface area contributed by atoms with Crippen molar-refractivity contribution in [2.45, 2.75) is 6.92 Å². The summed E-state index contributed by atoms with van der Waals surface area (Å²) in [6, 6.07) is 9.10. The topological polar surface area (TPSA) is 112 Å². The fourth-order valence-electron chi connectivity index (χ4n) is 2.93. The molecule has 0 aliphatic carbocycles. The number of hydrogen-bond acceptors (Lipinski definition) is 5. The SMILES string of the molecule is COc1nn(C)cc1C(=O)NCC(=O)Nc1c(C)n(C)n(-c2ccccc2)c1=O. The molecule has 29 heavy (non-hydrogen) atoms. The van der Waals surface area contributed by atoms with Gasteiger partial charge in [-0.05, 0) is 19.1 Å². The quantitative estimate of drug-likeness (QED) is 0.631. The van der Waals surface area contributed by atoms with Gasteiger partial charge in [0.1, 0.15) is 11.3 Å². The van der Waals surface area contributed by atoms with E-state index in [2.05, 4.69) is 15.7 Å². The second-order valence-electron chi connectivity index (χ2n) is 6.39. The number of para-hydroxylation sites is 1. The normalized spacial score (nSPS) is 10.6. The molecule has 0 saturated carbocycles. The molecule has 0 bridgehead atoms. The summed E-state index contributed by atoms with van der Waals surface area (Å²) in [6.45, 7) is 1.42. The van der Waals surface area contributed by atoms with Gasteiger partial charge < -0.3 is 15.4 Å². The second-order valence-corrected chi connectivity index (χ2v) is 6.39. The molecule has 10 heteroatoms. The minimum atomic E-state index is -0.521. The average molecular weight is 398 g/mol. The maximum atomic E-state index is 12.8. The summed E-state index contributed by atoms with van der Waals surface area (Å²) in [5.74, 6) is -0.862. The van der Waals surface area contributed by atoms with Gasteiger partial charge in [-0.1, -0.05) is 18.2 Å². The molecule has 3 rings (SSSR count). The van der Waals surface area contributed by atoms with Gasteiger partial charge in [0.2, 0.25) is 11.8 Å². The molecule has 0 radical (unpaired) electrons. The Labute approximate surface area is 166 Å². The third kappa shape index (κ3) is 3.91. The van der Waals surface area contributed by atoms with Crippen molar-refractivity contribution in [2.24, 2.45) is 14.1 Å². The Morgan fingerprint density at radius 2 is 1.86 bits per heavy atom. The van der Waals surface area contributed by atoms with Gasteiger partial charge in [-0.15, -0.1) is 5.10 Å². The number of rotatable bonds is 6. The molecule has 2 heterocycles. The predicted molar refractivity (Wildman–Crippen MR) is 106 cm³/mol. The lowest BCUT2D eigenvalue weighted by Crippen LogP contribution is -2.34. The Hall–Kier alpha value is -3.82. The summed E-state index contributed by atoms with van der Waals surface area (Å²) in [5.41, 5.74) is 1.29. The minimum Gasteiger partial charge on any atom is -0.479 e. The molecule has 0 aliphatic rings. The molecule has 0 fully saturated rings.